The Hall–Kier alpha value is -2.56. The summed E-state index contributed by atoms with van der Waals surface area (Å²) in [5.41, 5.74) is 1.17. The zero-order valence-corrected chi connectivity index (χ0v) is 15.6. The van der Waals surface area contributed by atoms with Crippen molar-refractivity contribution < 1.29 is 9.53 Å². The quantitative estimate of drug-likeness (QED) is 0.799. The van der Waals surface area contributed by atoms with Crippen molar-refractivity contribution in [1.29, 1.82) is 0 Å². The minimum atomic E-state index is 0.0459. The van der Waals surface area contributed by atoms with Crippen molar-refractivity contribution in [2.45, 2.75) is 26.2 Å². The minimum Gasteiger partial charge on any atom is -0.483 e. The van der Waals surface area contributed by atoms with Gasteiger partial charge in [0.05, 0.1) is 0 Å². The number of amides is 1. The van der Waals surface area contributed by atoms with Crippen molar-refractivity contribution in [1.82, 2.24) is 9.88 Å². The predicted octanol–water partition coefficient (Wildman–Crippen LogP) is 3.32. The van der Waals surface area contributed by atoms with Crippen LogP contribution in [0.3, 0.4) is 0 Å². The molecule has 1 aliphatic heterocycles. The summed E-state index contributed by atoms with van der Waals surface area (Å²) in [5, 5.41) is 0. The van der Waals surface area contributed by atoms with E-state index >= 15 is 0 Å². The second kappa shape index (κ2) is 8.70. The van der Waals surface area contributed by atoms with Crippen molar-refractivity contribution in [3.8, 4) is 5.75 Å². The molecule has 5 heteroatoms. The van der Waals surface area contributed by atoms with Crippen molar-refractivity contribution in [3.05, 3.63) is 54.2 Å². The number of carbonyl (C=O) groups is 1. The number of aromatic nitrogens is 1. The first-order valence-electron chi connectivity index (χ1n) is 9.34. The largest absolute Gasteiger partial charge is 0.483 e. The standard InChI is InChI=1S/C21H27N3O2/c1-3-17(2)18-8-4-5-9-19(18)26-16-21(25)24-14-12-23(13-15-24)20-10-6-7-11-22-20/h4-11,17H,3,12-16H2,1-2H3. The lowest BCUT2D eigenvalue weighted by Crippen LogP contribution is -2.50. The maximum atomic E-state index is 12.5. The number of pyridine rings is 1. The Bertz CT molecular complexity index is 712. The van der Waals surface area contributed by atoms with Crippen molar-refractivity contribution in [2.24, 2.45) is 0 Å². The monoisotopic (exact) mass is 353 g/mol. The van der Waals surface area contributed by atoms with Crippen molar-refractivity contribution >= 4 is 11.7 Å². The summed E-state index contributed by atoms with van der Waals surface area (Å²) < 4.78 is 5.87. The van der Waals surface area contributed by atoms with Gasteiger partial charge in [-0.25, -0.2) is 4.98 Å². The van der Waals surface area contributed by atoms with Gasteiger partial charge in [0.1, 0.15) is 11.6 Å². The van der Waals surface area contributed by atoms with Crippen LogP contribution >= 0.6 is 0 Å². The first-order chi connectivity index (χ1) is 12.7. The lowest BCUT2D eigenvalue weighted by molar-refractivity contribution is -0.133. The minimum absolute atomic E-state index is 0.0459. The van der Waals surface area contributed by atoms with E-state index in [1.54, 1.807) is 6.20 Å². The lowest BCUT2D eigenvalue weighted by atomic mass is 9.98. The second-order valence-electron chi connectivity index (χ2n) is 6.69. The van der Waals surface area contributed by atoms with E-state index in [9.17, 15) is 4.79 Å². The molecule has 138 valence electrons. The summed E-state index contributed by atoms with van der Waals surface area (Å²) in [6.07, 6.45) is 2.85. The summed E-state index contributed by atoms with van der Waals surface area (Å²) in [6, 6.07) is 13.9. The molecule has 0 aliphatic carbocycles. The third kappa shape index (κ3) is 4.34. The molecule has 5 nitrogen and oxygen atoms in total. The molecular formula is C21H27N3O2. The average Bonchev–Trinajstić information content (AvgIpc) is 2.72. The van der Waals surface area contributed by atoms with Crippen LogP contribution in [0.5, 0.6) is 5.75 Å². The Balaban J connectivity index is 1.52. The third-order valence-electron chi connectivity index (χ3n) is 5.02. The molecular weight excluding hydrogens is 326 g/mol. The molecule has 1 amide bonds. The highest BCUT2D eigenvalue weighted by molar-refractivity contribution is 5.78. The fourth-order valence-electron chi connectivity index (χ4n) is 3.20. The third-order valence-corrected chi connectivity index (χ3v) is 5.02. The summed E-state index contributed by atoms with van der Waals surface area (Å²) in [7, 11) is 0. The van der Waals surface area contributed by atoms with Gasteiger partial charge in [0, 0.05) is 32.4 Å². The van der Waals surface area contributed by atoms with Gasteiger partial charge in [0.25, 0.3) is 5.91 Å². The van der Waals surface area contributed by atoms with Crippen molar-refractivity contribution in [3.63, 3.8) is 0 Å². The Kier molecular flexibility index (Phi) is 6.10. The van der Waals surface area contributed by atoms with E-state index in [4.69, 9.17) is 4.74 Å². The molecule has 3 rings (SSSR count). The number of hydrogen-bond acceptors (Lipinski definition) is 4. The molecule has 1 aliphatic rings. The van der Waals surface area contributed by atoms with Crippen LogP contribution in [0.1, 0.15) is 31.7 Å². The molecule has 0 spiro atoms. The number of para-hydroxylation sites is 1. The number of piperazine rings is 1. The van der Waals surface area contributed by atoms with Gasteiger partial charge < -0.3 is 14.5 Å². The average molecular weight is 353 g/mol. The SMILES string of the molecule is CCC(C)c1ccccc1OCC(=O)N1CCN(c2ccccn2)CC1. The highest BCUT2D eigenvalue weighted by Gasteiger charge is 2.22. The topological polar surface area (TPSA) is 45.7 Å². The summed E-state index contributed by atoms with van der Waals surface area (Å²) in [6.45, 7) is 7.43. The highest BCUT2D eigenvalue weighted by atomic mass is 16.5. The number of ether oxygens (including phenoxy) is 1. The highest BCUT2D eigenvalue weighted by Crippen LogP contribution is 2.28. The van der Waals surface area contributed by atoms with E-state index in [0.29, 0.717) is 19.0 Å². The van der Waals surface area contributed by atoms with E-state index in [1.165, 1.54) is 5.56 Å². The molecule has 0 N–H and O–H groups in total. The molecule has 2 aromatic rings. The summed E-state index contributed by atoms with van der Waals surface area (Å²) >= 11 is 0. The molecule has 1 atom stereocenters. The van der Waals surface area contributed by atoms with E-state index in [2.05, 4.69) is 29.8 Å². The number of carbonyl (C=O) groups excluding carboxylic acids is 1. The summed E-state index contributed by atoms with van der Waals surface area (Å²) in [4.78, 5) is 21.0. The Morgan fingerprint density at radius 1 is 1.12 bits per heavy atom. The number of anilines is 1. The van der Waals surface area contributed by atoms with E-state index in [0.717, 1.165) is 31.1 Å². The molecule has 0 bridgehead atoms. The molecule has 1 aromatic heterocycles. The summed E-state index contributed by atoms with van der Waals surface area (Å²) in [5.74, 6) is 2.26. The predicted molar refractivity (Wildman–Crippen MR) is 104 cm³/mol. The van der Waals surface area contributed by atoms with Gasteiger partial charge in [-0.1, -0.05) is 38.1 Å². The molecule has 1 unspecified atom stereocenters. The van der Waals surface area contributed by atoms with E-state index < -0.39 is 0 Å². The van der Waals surface area contributed by atoms with Gasteiger partial charge in [0.2, 0.25) is 0 Å². The zero-order valence-electron chi connectivity index (χ0n) is 15.6. The Morgan fingerprint density at radius 3 is 2.54 bits per heavy atom. The van der Waals surface area contributed by atoms with E-state index in [-0.39, 0.29) is 12.5 Å². The first-order valence-corrected chi connectivity index (χ1v) is 9.34. The number of hydrogen-bond donors (Lipinski definition) is 0. The van der Waals surface area contributed by atoms with Crippen LogP contribution in [-0.2, 0) is 4.79 Å². The normalized spacial score (nSPS) is 15.6. The van der Waals surface area contributed by atoms with Crippen LogP contribution in [0.2, 0.25) is 0 Å². The fourth-order valence-corrected chi connectivity index (χ4v) is 3.20. The molecule has 2 heterocycles. The number of benzene rings is 1. The molecule has 0 radical (unpaired) electrons. The molecule has 0 saturated carbocycles. The molecule has 26 heavy (non-hydrogen) atoms. The van der Waals surface area contributed by atoms with Gasteiger partial charge in [-0.15, -0.1) is 0 Å². The second-order valence-corrected chi connectivity index (χ2v) is 6.69. The smallest absolute Gasteiger partial charge is 0.260 e. The van der Waals surface area contributed by atoms with Crippen LogP contribution in [0.25, 0.3) is 0 Å². The van der Waals surface area contributed by atoms with Crippen LogP contribution < -0.4 is 9.64 Å². The van der Waals surface area contributed by atoms with Crippen LogP contribution in [0, 0.1) is 0 Å². The van der Waals surface area contributed by atoms with Gasteiger partial charge in [-0.05, 0) is 36.1 Å². The van der Waals surface area contributed by atoms with Crippen molar-refractivity contribution in [2.75, 3.05) is 37.7 Å². The number of rotatable bonds is 6. The van der Waals surface area contributed by atoms with Gasteiger partial charge in [-0.3, -0.25) is 4.79 Å². The molecule has 1 aromatic carbocycles. The maximum Gasteiger partial charge on any atom is 0.260 e. The lowest BCUT2D eigenvalue weighted by Gasteiger charge is -2.35. The van der Waals surface area contributed by atoms with Crippen LogP contribution in [-0.4, -0.2) is 48.6 Å². The molecule has 1 saturated heterocycles. The maximum absolute atomic E-state index is 12.5. The first kappa shape index (κ1) is 18.2. The number of nitrogens with zero attached hydrogens (tertiary/aromatic N) is 3. The molecule has 1 fully saturated rings. The van der Waals surface area contributed by atoms with Gasteiger partial charge >= 0.3 is 0 Å². The van der Waals surface area contributed by atoms with E-state index in [1.807, 2.05) is 41.3 Å². The fraction of sp³-hybridized carbons (Fsp3) is 0.429. The van der Waals surface area contributed by atoms with Gasteiger partial charge in [0.15, 0.2) is 6.61 Å². The Morgan fingerprint density at radius 2 is 1.85 bits per heavy atom. The Labute approximate surface area is 155 Å². The van der Waals surface area contributed by atoms with Crippen LogP contribution in [0.15, 0.2) is 48.7 Å². The van der Waals surface area contributed by atoms with Crippen LogP contribution in [0.4, 0.5) is 5.82 Å². The zero-order chi connectivity index (χ0) is 18.4. The van der Waals surface area contributed by atoms with Gasteiger partial charge in [-0.2, -0.15) is 0 Å².